The van der Waals surface area contributed by atoms with Crippen LogP contribution >= 0.6 is 0 Å². The molecule has 3 heteroatoms. The van der Waals surface area contributed by atoms with Gasteiger partial charge in [-0.1, -0.05) is 13.8 Å². The van der Waals surface area contributed by atoms with Crippen molar-refractivity contribution < 1.29 is 0 Å². The number of hydrogen-bond acceptors (Lipinski definition) is 2. The normalized spacial score (nSPS) is 13.5. The first-order valence-corrected chi connectivity index (χ1v) is 5.41. The van der Waals surface area contributed by atoms with Crippen LogP contribution < -0.4 is 5.73 Å². The van der Waals surface area contributed by atoms with E-state index in [9.17, 15) is 0 Å². The van der Waals surface area contributed by atoms with Crippen molar-refractivity contribution in [3.8, 4) is 0 Å². The van der Waals surface area contributed by atoms with Gasteiger partial charge in [-0.05, 0) is 31.7 Å². The summed E-state index contributed by atoms with van der Waals surface area (Å²) in [4.78, 5) is 0. The average Bonchev–Trinajstić information content (AvgIpc) is 2.60. The lowest BCUT2D eigenvalue weighted by Crippen LogP contribution is -2.27. The van der Waals surface area contributed by atoms with Crippen molar-refractivity contribution in [3.05, 3.63) is 18.0 Å². The number of hydrogen-bond donors (Lipinski definition) is 1. The predicted octanol–water partition coefficient (Wildman–Crippen LogP) is 1.82. The number of aryl methyl sites for hydroxylation is 2. The highest BCUT2D eigenvalue weighted by atomic mass is 15.3. The number of nitrogens with zero attached hydrogens (tertiary/aromatic N) is 2. The zero-order valence-electron chi connectivity index (χ0n) is 9.40. The maximum absolute atomic E-state index is 5.99. The maximum Gasteiger partial charge on any atom is 0.0492 e. The van der Waals surface area contributed by atoms with Crippen LogP contribution in [0.1, 0.15) is 32.9 Å². The van der Waals surface area contributed by atoms with E-state index < -0.39 is 0 Å². The van der Waals surface area contributed by atoms with Crippen LogP contribution in [-0.2, 0) is 13.0 Å². The molecule has 0 aliphatic heterocycles. The van der Waals surface area contributed by atoms with Crippen molar-refractivity contribution >= 4 is 0 Å². The quantitative estimate of drug-likeness (QED) is 0.779. The predicted molar refractivity (Wildman–Crippen MR) is 59.0 cm³/mol. The Bertz CT molecular complexity index is 265. The van der Waals surface area contributed by atoms with Crippen molar-refractivity contribution in [1.29, 1.82) is 0 Å². The third kappa shape index (κ3) is 2.84. The molecule has 1 aromatic rings. The Morgan fingerprint density at radius 1 is 1.50 bits per heavy atom. The van der Waals surface area contributed by atoms with Gasteiger partial charge < -0.3 is 5.73 Å². The molecule has 0 bridgehead atoms. The highest BCUT2D eigenvalue weighted by Gasteiger charge is 2.09. The average molecular weight is 195 g/mol. The molecule has 0 radical (unpaired) electrons. The van der Waals surface area contributed by atoms with E-state index in [0.29, 0.717) is 12.0 Å². The number of rotatable bonds is 5. The Labute approximate surface area is 86.3 Å². The SMILES string of the molecule is CCn1nccc1CCC(N)C(C)C. The second-order valence-electron chi connectivity index (χ2n) is 4.08. The Balaban J connectivity index is 2.45. The van der Waals surface area contributed by atoms with Crippen molar-refractivity contribution in [2.75, 3.05) is 0 Å². The smallest absolute Gasteiger partial charge is 0.0492 e. The van der Waals surface area contributed by atoms with Gasteiger partial charge in [-0.15, -0.1) is 0 Å². The van der Waals surface area contributed by atoms with Crippen molar-refractivity contribution in [2.24, 2.45) is 11.7 Å². The first-order chi connectivity index (χ1) is 6.65. The molecule has 0 aliphatic carbocycles. The van der Waals surface area contributed by atoms with Crippen molar-refractivity contribution in [2.45, 2.75) is 46.2 Å². The van der Waals surface area contributed by atoms with E-state index in [1.807, 2.05) is 10.9 Å². The summed E-state index contributed by atoms with van der Waals surface area (Å²) in [5.74, 6) is 0.563. The molecule has 80 valence electrons. The van der Waals surface area contributed by atoms with E-state index >= 15 is 0 Å². The highest BCUT2D eigenvalue weighted by molar-refractivity contribution is 5.01. The van der Waals surface area contributed by atoms with Crippen LogP contribution in [0.25, 0.3) is 0 Å². The zero-order valence-corrected chi connectivity index (χ0v) is 9.40. The summed E-state index contributed by atoms with van der Waals surface area (Å²) < 4.78 is 2.03. The second kappa shape index (κ2) is 5.15. The lowest BCUT2D eigenvalue weighted by molar-refractivity contribution is 0.456. The minimum atomic E-state index is 0.301. The molecule has 1 unspecified atom stereocenters. The Morgan fingerprint density at radius 3 is 2.79 bits per heavy atom. The van der Waals surface area contributed by atoms with Crippen LogP contribution in [0.2, 0.25) is 0 Å². The fraction of sp³-hybridized carbons (Fsp3) is 0.727. The van der Waals surface area contributed by atoms with E-state index in [4.69, 9.17) is 5.73 Å². The fourth-order valence-electron chi connectivity index (χ4n) is 1.51. The molecule has 0 spiro atoms. The molecule has 0 saturated carbocycles. The lowest BCUT2D eigenvalue weighted by Gasteiger charge is -2.15. The van der Waals surface area contributed by atoms with E-state index in [0.717, 1.165) is 19.4 Å². The van der Waals surface area contributed by atoms with Crippen molar-refractivity contribution in [1.82, 2.24) is 9.78 Å². The van der Waals surface area contributed by atoms with Gasteiger partial charge in [0.15, 0.2) is 0 Å². The molecule has 0 saturated heterocycles. The molecule has 1 aromatic heterocycles. The fourth-order valence-corrected chi connectivity index (χ4v) is 1.51. The summed E-state index contributed by atoms with van der Waals surface area (Å²) in [6, 6.07) is 2.38. The highest BCUT2D eigenvalue weighted by Crippen LogP contribution is 2.08. The largest absolute Gasteiger partial charge is 0.327 e. The van der Waals surface area contributed by atoms with Crippen LogP contribution in [0, 0.1) is 5.92 Å². The van der Waals surface area contributed by atoms with E-state index in [1.165, 1.54) is 5.69 Å². The van der Waals surface area contributed by atoms with E-state index in [2.05, 4.69) is 31.9 Å². The number of aromatic nitrogens is 2. The summed E-state index contributed by atoms with van der Waals surface area (Å²) in [6.07, 6.45) is 3.94. The number of nitrogens with two attached hydrogens (primary N) is 1. The van der Waals surface area contributed by atoms with Crippen LogP contribution in [0.4, 0.5) is 0 Å². The van der Waals surface area contributed by atoms with E-state index in [1.54, 1.807) is 0 Å². The third-order valence-electron chi connectivity index (χ3n) is 2.69. The summed E-state index contributed by atoms with van der Waals surface area (Å²) >= 11 is 0. The van der Waals surface area contributed by atoms with Gasteiger partial charge >= 0.3 is 0 Å². The van der Waals surface area contributed by atoms with Gasteiger partial charge in [0.1, 0.15) is 0 Å². The summed E-state index contributed by atoms with van der Waals surface area (Å²) in [6.45, 7) is 7.39. The molecule has 3 nitrogen and oxygen atoms in total. The van der Waals surface area contributed by atoms with Crippen LogP contribution in [0.5, 0.6) is 0 Å². The van der Waals surface area contributed by atoms with Crippen molar-refractivity contribution in [3.63, 3.8) is 0 Å². The van der Waals surface area contributed by atoms with Gasteiger partial charge in [0, 0.05) is 24.5 Å². The molecular weight excluding hydrogens is 174 g/mol. The van der Waals surface area contributed by atoms with Gasteiger partial charge in [-0.25, -0.2) is 0 Å². The standard InChI is InChI=1S/C11H21N3/c1-4-14-10(7-8-13-14)5-6-11(12)9(2)3/h7-9,11H,4-6,12H2,1-3H3. The molecule has 1 rings (SSSR count). The Hall–Kier alpha value is -0.830. The van der Waals surface area contributed by atoms with Gasteiger partial charge in [0.25, 0.3) is 0 Å². The molecule has 0 amide bonds. The zero-order chi connectivity index (χ0) is 10.6. The molecular formula is C11H21N3. The topological polar surface area (TPSA) is 43.8 Å². The molecule has 1 atom stereocenters. The molecule has 2 N–H and O–H groups in total. The molecule has 0 aromatic carbocycles. The second-order valence-corrected chi connectivity index (χ2v) is 4.08. The van der Waals surface area contributed by atoms with Crippen LogP contribution in [0.3, 0.4) is 0 Å². The summed E-state index contributed by atoms with van der Waals surface area (Å²) in [7, 11) is 0. The van der Waals surface area contributed by atoms with Gasteiger partial charge in [0.05, 0.1) is 0 Å². The Kier molecular flexibility index (Phi) is 4.14. The minimum Gasteiger partial charge on any atom is -0.327 e. The lowest BCUT2D eigenvalue weighted by atomic mass is 9.99. The van der Waals surface area contributed by atoms with E-state index in [-0.39, 0.29) is 0 Å². The van der Waals surface area contributed by atoms with Gasteiger partial charge in [0.2, 0.25) is 0 Å². The summed E-state index contributed by atoms with van der Waals surface area (Å²) in [5, 5.41) is 4.23. The monoisotopic (exact) mass is 195 g/mol. The third-order valence-corrected chi connectivity index (χ3v) is 2.69. The Morgan fingerprint density at radius 2 is 2.21 bits per heavy atom. The first kappa shape index (κ1) is 11.2. The molecule has 1 heterocycles. The molecule has 14 heavy (non-hydrogen) atoms. The molecule has 0 fully saturated rings. The van der Waals surface area contributed by atoms with Crippen LogP contribution in [-0.4, -0.2) is 15.8 Å². The first-order valence-electron chi connectivity index (χ1n) is 5.41. The van der Waals surface area contributed by atoms with Gasteiger partial charge in [-0.2, -0.15) is 5.10 Å². The minimum absolute atomic E-state index is 0.301. The maximum atomic E-state index is 5.99. The van der Waals surface area contributed by atoms with Crippen LogP contribution in [0.15, 0.2) is 12.3 Å². The van der Waals surface area contributed by atoms with Gasteiger partial charge in [-0.3, -0.25) is 4.68 Å². The molecule has 0 aliphatic rings. The summed E-state index contributed by atoms with van der Waals surface area (Å²) in [5.41, 5.74) is 7.29.